The smallest absolute Gasteiger partial charge is 0.326 e. The average Bonchev–Trinajstić information content (AvgIpc) is 2.82. The molecule has 1 amide bonds. The Morgan fingerprint density at radius 2 is 1.61 bits per heavy atom. The molecular formula is C25H24Cl2NO8PS. The Balaban J connectivity index is 1.75. The monoisotopic (exact) mass is 599 g/mol. The number of halogens is 2. The molecule has 1 unspecified atom stereocenters. The third-order valence-corrected chi connectivity index (χ3v) is 9.30. The fraction of sp³-hybridized carbons (Fsp3) is 0.200. The van der Waals surface area contributed by atoms with Gasteiger partial charge in [-0.15, -0.1) is 0 Å². The first-order chi connectivity index (χ1) is 17.7. The van der Waals surface area contributed by atoms with E-state index in [4.69, 9.17) is 23.2 Å². The van der Waals surface area contributed by atoms with Crippen molar-refractivity contribution in [3.8, 4) is 5.75 Å². The van der Waals surface area contributed by atoms with E-state index in [1.807, 2.05) is 0 Å². The number of carboxylic acid groups (broad SMARTS) is 1. The van der Waals surface area contributed by atoms with Gasteiger partial charge in [0.25, 0.3) is 5.91 Å². The number of rotatable bonds is 10. The molecule has 13 heteroatoms. The first kappa shape index (κ1) is 29.7. The van der Waals surface area contributed by atoms with Crippen LogP contribution in [0.25, 0.3) is 0 Å². The number of carboxylic acids is 1. The van der Waals surface area contributed by atoms with Crippen molar-refractivity contribution in [2.75, 3.05) is 12.4 Å². The predicted octanol–water partition coefficient (Wildman–Crippen LogP) is 3.67. The Morgan fingerprint density at radius 1 is 1.00 bits per heavy atom. The first-order valence-electron chi connectivity index (χ1n) is 11.1. The van der Waals surface area contributed by atoms with Gasteiger partial charge in [0.2, 0.25) is 7.37 Å². The molecule has 0 saturated heterocycles. The Kier molecular flexibility index (Phi) is 9.28. The maximum atomic E-state index is 12.9. The van der Waals surface area contributed by atoms with Crippen molar-refractivity contribution in [2.24, 2.45) is 0 Å². The molecule has 0 radical (unpaired) electrons. The second-order valence-electron chi connectivity index (χ2n) is 8.61. The van der Waals surface area contributed by atoms with Gasteiger partial charge < -0.3 is 20.4 Å². The Labute approximate surface area is 229 Å². The van der Waals surface area contributed by atoms with Crippen molar-refractivity contribution in [2.45, 2.75) is 23.8 Å². The van der Waals surface area contributed by atoms with Gasteiger partial charge in [0.15, 0.2) is 9.84 Å². The van der Waals surface area contributed by atoms with Crippen molar-refractivity contribution in [1.29, 1.82) is 0 Å². The molecular weight excluding hydrogens is 576 g/mol. The standard InChI is InChI=1S/C25H24Cl2NO8PS/c1-38(35,36)19-4-2-3-15(11-19)14-22(25(31)32)28-24(30)23-20(26)12-16(13-21(23)27)9-10-37(33,34)18-7-5-17(29)6-8-18/h2-8,11-13,22,29H,9-10,14H2,1H3,(H,28,30)(H,31,32)(H,33,34)/t22-/m0/s1. The molecule has 0 fully saturated rings. The molecule has 3 aromatic rings. The summed E-state index contributed by atoms with van der Waals surface area (Å²) in [6.07, 6.45) is 0.789. The van der Waals surface area contributed by atoms with Gasteiger partial charge in [-0.05, 0) is 66.1 Å². The van der Waals surface area contributed by atoms with Crippen LogP contribution in [-0.4, -0.2) is 53.9 Å². The zero-order valence-electron chi connectivity index (χ0n) is 20.0. The number of phenolic OH excluding ortho intramolecular Hbond substituents is 1. The minimum atomic E-state index is -3.75. The largest absolute Gasteiger partial charge is 0.508 e. The number of hydrogen-bond acceptors (Lipinski definition) is 6. The molecule has 0 heterocycles. The molecule has 0 spiro atoms. The molecule has 4 N–H and O–H groups in total. The maximum absolute atomic E-state index is 12.9. The number of aliphatic carboxylic acids is 1. The minimum Gasteiger partial charge on any atom is -0.508 e. The fourth-order valence-electron chi connectivity index (χ4n) is 3.65. The van der Waals surface area contributed by atoms with Crippen LogP contribution in [0.1, 0.15) is 21.5 Å². The molecule has 0 saturated carbocycles. The molecule has 3 aromatic carbocycles. The van der Waals surface area contributed by atoms with Crippen molar-refractivity contribution >= 4 is 57.6 Å². The van der Waals surface area contributed by atoms with Gasteiger partial charge in [0.05, 0.1) is 20.5 Å². The first-order valence-corrected chi connectivity index (χ1v) is 15.6. The van der Waals surface area contributed by atoms with Gasteiger partial charge in [-0.25, -0.2) is 13.2 Å². The van der Waals surface area contributed by atoms with E-state index < -0.39 is 35.1 Å². The highest BCUT2D eigenvalue weighted by atomic mass is 35.5. The van der Waals surface area contributed by atoms with Gasteiger partial charge in [0, 0.05) is 24.1 Å². The number of carbonyl (C=O) groups is 2. The van der Waals surface area contributed by atoms with Crippen molar-refractivity contribution < 1.29 is 37.7 Å². The topological polar surface area (TPSA) is 158 Å². The summed E-state index contributed by atoms with van der Waals surface area (Å²) in [5, 5.41) is 21.4. The third kappa shape index (κ3) is 7.58. The second kappa shape index (κ2) is 11.9. The zero-order valence-corrected chi connectivity index (χ0v) is 23.2. The van der Waals surface area contributed by atoms with Gasteiger partial charge in [0.1, 0.15) is 11.8 Å². The molecule has 0 aliphatic rings. The summed E-state index contributed by atoms with van der Waals surface area (Å²) in [7, 11) is -7.26. The zero-order chi connectivity index (χ0) is 28.3. The van der Waals surface area contributed by atoms with Crippen molar-refractivity contribution in [1.82, 2.24) is 5.32 Å². The average molecular weight is 600 g/mol. The van der Waals surface area contributed by atoms with Crippen LogP contribution in [0.3, 0.4) is 0 Å². The SMILES string of the molecule is CS(=O)(=O)c1cccc(C[C@H](NC(=O)c2c(Cl)cc(CCP(=O)(O)c3ccc(O)cc3)cc2Cl)C(=O)O)c1. The van der Waals surface area contributed by atoms with E-state index in [1.54, 1.807) is 6.07 Å². The lowest BCUT2D eigenvalue weighted by atomic mass is 10.0. The van der Waals surface area contributed by atoms with Crippen LogP contribution in [0.5, 0.6) is 5.75 Å². The summed E-state index contributed by atoms with van der Waals surface area (Å²) in [5.41, 5.74) is 0.700. The fourth-order valence-corrected chi connectivity index (χ4v) is 6.48. The Morgan fingerprint density at radius 3 is 2.16 bits per heavy atom. The van der Waals surface area contributed by atoms with E-state index in [-0.39, 0.29) is 50.6 Å². The molecule has 202 valence electrons. The number of benzene rings is 3. The number of aromatic hydroxyl groups is 1. The molecule has 2 atom stereocenters. The van der Waals surface area contributed by atoms with Crippen molar-refractivity contribution in [3.05, 3.63) is 87.4 Å². The summed E-state index contributed by atoms with van der Waals surface area (Å²) in [4.78, 5) is 35.2. The highest BCUT2D eigenvalue weighted by molar-refractivity contribution is 7.90. The molecule has 0 bridgehead atoms. The number of amides is 1. The highest BCUT2D eigenvalue weighted by Gasteiger charge is 2.26. The van der Waals surface area contributed by atoms with E-state index in [1.165, 1.54) is 54.6 Å². The second-order valence-corrected chi connectivity index (χ2v) is 13.8. The number of sulfone groups is 1. The lowest BCUT2D eigenvalue weighted by Gasteiger charge is -2.17. The van der Waals surface area contributed by atoms with Crippen LogP contribution >= 0.6 is 30.6 Å². The van der Waals surface area contributed by atoms with Crippen LogP contribution in [0.2, 0.25) is 10.0 Å². The van der Waals surface area contributed by atoms with Crippen LogP contribution in [-0.2, 0) is 32.0 Å². The molecule has 0 aromatic heterocycles. The number of hydrogen-bond donors (Lipinski definition) is 4. The van der Waals surface area contributed by atoms with Crippen LogP contribution in [0, 0.1) is 0 Å². The van der Waals surface area contributed by atoms with Gasteiger partial charge in [-0.3, -0.25) is 9.36 Å². The van der Waals surface area contributed by atoms with Crippen LogP contribution < -0.4 is 10.6 Å². The quantitative estimate of drug-likeness (QED) is 0.257. The number of carbonyl (C=O) groups excluding carboxylic acids is 1. The van der Waals surface area contributed by atoms with Gasteiger partial charge in [-0.2, -0.15) is 0 Å². The predicted molar refractivity (Wildman–Crippen MR) is 145 cm³/mol. The molecule has 0 aliphatic heterocycles. The lowest BCUT2D eigenvalue weighted by Crippen LogP contribution is -2.42. The number of aryl methyl sites for hydroxylation is 1. The normalized spacial score (nSPS) is 13.9. The molecule has 38 heavy (non-hydrogen) atoms. The maximum Gasteiger partial charge on any atom is 0.326 e. The molecule has 0 aliphatic carbocycles. The summed E-state index contributed by atoms with van der Waals surface area (Å²) in [6.45, 7) is 0. The summed E-state index contributed by atoms with van der Waals surface area (Å²) in [5.74, 6) is -2.23. The summed E-state index contributed by atoms with van der Waals surface area (Å²) in [6, 6.07) is 12.5. The van der Waals surface area contributed by atoms with Gasteiger partial charge >= 0.3 is 5.97 Å². The van der Waals surface area contributed by atoms with Gasteiger partial charge in [-0.1, -0.05) is 35.3 Å². The van der Waals surface area contributed by atoms with E-state index in [2.05, 4.69) is 5.32 Å². The van der Waals surface area contributed by atoms with E-state index in [0.29, 0.717) is 11.1 Å². The highest BCUT2D eigenvalue weighted by Crippen LogP contribution is 2.40. The van der Waals surface area contributed by atoms with E-state index >= 15 is 0 Å². The summed E-state index contributed by atoms with van der Waals surface area (Å²) >= 11 is 12.6. The molecule has 3 rings (SSSR count). The third-order valence-electron chi connectivity index (χ3n) is 5.66. The molecule has 9 nitrogen and oxygen atoms in total. The Bertz CT molecular complexity index is 1500. The van der Waals surface area contributed by atoms with Crippen molar-refractivity contribution in [3.63, 3.8) is 0 Å². The van der Waals surface area contributed by atoms with E-state index in [9.17, 15) is 37.7 Å². The minimum absolute atomic E-state index is 0.0185. The Hall–Kier alpha value is -2.88. The van der Waals surface area contributed by atoms with E-state index in [0.717, 1.165) is 6.26 Å². The van der Waals surface area contributed by atoms with Crippen LogP contribution in [0.4, 0.5) is 0 Å². The van der Waals surface area contributed by atoms with Crippen LogP contribution in [0.15, 0.2) is 65.6 Å². The summed E-state index contributed by atoms with van der Waals surface area (Å²) < 4.78 is 36.3. The number of nitrogens with one attached hydrogen (secondary N) is 1. The number of phenols is 1. The lowest BCUT2D eigenvalue weighted by molar-refractivity contribution is -0.139.